The van der Waals surface area contributed by atoms with E-state index in [1.807, 2.05) is 13.8 Å². The second kappa shape index (κ2) is 6.68. The van der Waals surface area contributed by atoms with E-state index in [4.69, 9.17) is 0 Å². The number of amides is 3. The van der Waals surface area contributed by atoms with Crippen molar-refractivity contribution in [2.24, 2.45) is 23.7 Å². The van der Waals surface area contributed by atoms with Gasteiger partial charge in [-0.1, -0.05) is 26.0 Å². The first-order chi connectivity index (χ1) is 13.8. The molecular formula is C24H30N2O3. The maximum absolute atomic E-state index is 13.5. The summed E-state index contributed by atoms with van der Waals surface area (Å²) < 4.78 is 0. The standard InChI is InChI=1S/C24H30N2O3/c1-14(2)7-20(26-22(28)18-5-3-4-6-19(18)23(26)29)21(27)25-24-11-15-8-16(12-24)10-17(9-15)13-24/h3-6,14-17,20H,7-13H2,1-2H3,(H,25,27). The van der Waals surface area contributed by atoms with Gasteiger partial charge in [0, 0.05) is 5.54 Å². The molecule has 1 aliphatic heterocycles. The van der Waals surface area contributed by atoms with E-state index in [0.29, 0.717) is 17.5 Å². The van der Waals surface area contributed by atoms with Crippen molar-refractivity contribution in [1.29, 1.82) is 0 Å². The van der Waals surface area contributed by atoms with Crippen LogP contribution >= 0.6 is 0 Å². The lowest BCUT2D eigenvalue weighted by atomic mass is 9.53. The minimum Gasteiger partial charge on any atom is -0.349 e. The molecule has 5 heteroatoms. The third-order valence-corrected chi connectivity index (χ3v) is 7.56. The molecular weight excluding hydrogens is 364 g/mol. The van der Waals surface area contributed by atoms with E-state index < -0.39 is 6.04 Å². The molecule has 1 aromatic rings. The number of imide groups is 1. The molecule has 0 aromatic heterocycles. The van der Waals surface area contributed by atoms with Gasteiger partial charge in [-0.25, -0.2) is 0 Å². The number of carbonyl (C=O) groups excluding carboxylic acids is 3. The fourth-order valence-corrected chi connectivity index (χ4v) is 6.88. The maximum Gasteiger partial charge on any atom is 0.262 e. The smallest absolute Gasteiger partial charge is 0.262 e. The summed E-state index contributed by atoms with van der Waals surface area (Å²) in [7, 11) is 0. The van der Waals surface area contributed by atoms with Crippen molar-refractivity contribution in [3.05, 3.63) is 35.4 Å². The van der Waals surface area contributed by atoms with Crippen molar-refractivity contribution in [3.8, 4) is 0 Å². The second-order valence-corrected chi connectivity index (χ2v) is 10.4. The van der Waals surface area contributed by atoms with Gasteiger partial charge < -0.3 is 5.32 Å². The van der Waals surface area contributed by atoms with E-state index in [2.05, 4.69) is 5.32 Å². The number of rotatable bonds is 5. The summed E-state index contributed by atoms with van der Waals surface area (Å²) in [6.07, 6.45) is 7.59. The molecule has 4 saturated carbocycles. The molecule has 5 nitrogen and oxygen atoms in total. The predicted molar refractivity (Wildman–Crippen MR) is 109 cm³/mol. The SMILES string of the molecule is CC(C)CC(C(=O)NC12CC3CC(CC(C3)C1)C2)N1C(=O)c2ccccc2C1=O. The van der Waals surface area contributed by atoms with Gasteiger partial charge in [-0.15, -0.1) is 0 Å². The molecule has 29 heavy (non-hydrogen) atoms. The van der Waals surface area contributed by atoms with Gasteiger partial charge in [0.1, 0.15) is 6.04 Å². The van der Waals surface area contributed by atoms with Crippen LogP contribution in [0.25, 0.3) is 0 Å². The van der Waals surface area contributed by atoms with Crippen LogP contribution in [-0.2, 0) is 4.79 Å². The highest BCUT2D eigenvalue weighted by atomic mass is 16.2. The Kier molecular flexibility index (Phi) is 4.34. The Labute approximate surface area is 172 Å². The Morgan fingerprint density at radius 2 is 1.48 bits per heavy atom. The number of benzene rings is 1. The molecule has 1 heterocycles. The van der Waals surface area contributed by atoms with E-state index >= 15 is 0 Å². The molecule has 5 aliphatic rings. The molecule has 4 bridgehead atoms. The molecule has 4 aliphatic carbocycles. The van der Waals surface area contributed by atoms with Gasteiger partial charge in [-0.2, -0.15) is 0 Å². The molecule has 154 valence electrons. The Hall–Kier alpha value is -2.17. The van der Waals surface area contributed by atoms with Gasteiger partial charge in [0.25, 0.3) is 11.8 Å². The summed E-state index contributed by atoms with van der Waals surface area (Å²) >= 11 is 0. The Bertz CT molecular complexity index is 804. The molecule has 1 atom stereocenters. The van der Waals surface area contributed by atoms with Crippen LogP contribution in [0, 0.1) is 23.7 Å². The van der Waals surface area contributed by atoms with Crippen molar-refractivity contribution < 1.29 is 14.4 Å². The average Bonchev–Trinajstić information content (AvgIpc) is 2.89. The zero-order valence-corrected chi connectivity index (χ0v) is 17.3. The topological polar surface area (TPSA) is 66.5 Å². The highest BCUT2D eigenvalue weighted by molar-refractivity contribution is 6.22. The zero-order valence-electron chi connectivity index (χ0n) is 17.3. The van der Waals surface area contributed by atoms with E-state index in [9.17, 15) is 14.4 Å². The molecule has 0 radical (unpaired) electrons. The first kappa shape index (κ1) is 18.8. The fraction of sp³-hybridized carbons (Fsp3) is 0.625. The van der Waals surface area contributed by atoms with Crippen molar-refractivity contribution in [2.75, 3.05) is 0 Å². The lowest BCUT2D eigenvalue weighted by molar-refractivity contribution is -0.131. The van der Waals surface area contributed by atoms with E-state index in [0.717, 1.165) is 37.0 Å². The van der Waals surface area contributed by atoms with Gasteiger partial charge in [-0.3, -0.25) is 19.3 Å². The van der Waals surface area contributed by atoms with Crippen LogP contribution in [0.2, 0.25) is 0 Å². The largest absolute Gasteiger partial charge is 0.349 e. The molecule has 4 fully saturated rings. The molecule has 0 saturated heterocycles. The number of hydrogen-bond donors (Lipinski definition) is 1. The summed E-state index contributed by atoms with van der Waals surface area (Å²) in [5.41, 5.74) is 0.697. The summed E-state index contributed by atoms with van der Waals surface area (Å²) in [4.78, 5) is 40.8. The molecule has 1 aromatic carbocycles. The highest BCUT2D eigenvalue weighted by Crippen LogP contribution is 2.55. The summed E-state index contributed by atoms with van der Waals surface area (Å²) in [6.45, 7) is 4.06. The summed E-state index contributed by atoms with van der Waals surface area (Å²) in [6, 6.07) is 6.15. The number of nitrogens with one attached hydrogen (secondary N) is 1. The quantitative estimate of drug-likeness (QED) is 0.773. The van der Waals surface area contributed by atoms with Crippen LogP contribution in [-0.4, -0.2) is 34.2 Å². The van der Waals surface area contributed by atoms with Gasteiger partial charge in [-0.05, 0) is 80.8 Å². The average molecular weight is 395 g/mol. The zero-order chi connectivity index (χ0) is 20.3. The minimum absolute atomic E-state index is 0.125. The lowest BCUT2D eigenvalue weighted by Gasteiger charge is -2.57. The van der Waals surface area contributed by atoms with Crippen LogP contribution in [0.3, 0.4) is 0 Å². The van der Waals surface area contributed by atoms with E-state index in [1.165, 1.54) is 24.2 Å². The van der Waals surface area contributed by atoms with Gasteiger partial charge in [0.15, 0.2) is 0 Å². The van der Waals surface area contributed by atoms with E-state index in [1.54, 1.807) is 24.3 Å². The second-order valence-electron chi connectivity index (χ2n) is 10.4. The Morgan fingerprint density at radius 1 is 1.00 bits per heavy atom. The highest BCUT2D eigenvalue weighted by Gasteiger charge is 2.53. The van der Waals surface area contributed by atoms with E-state index in [-0.39, 0.29) is 29.2 Å². The maximum atomic E-state index is 13.5. The van der Waals surface area contributed by atoms with Crippen molar-refractivity contribution >= 4 is 17.7 Å². The van der Waals surface area contributed by atoms with Gasteiger partial charge in [0.05, 0.1) is 11.1 Å². The number of fused-ring (bicyclic) bond motifs is 1. The third-order valence-electron chi connectivity index (χ3n) is 7.56. The normalized spacial score (nSPS) is 33.3. The van der Waals surface area contributed by atoms with Crippen LogP contribution in [0.5, 0.6) is 0 Å². The van der Waals surface area contributed by atoms with Crippen LogP contribution in [0.4, 0.5) is 0 Å². The fourth-order valence-electron chi connectivity index (χ4n) is 6.88. The summed E-state index contributed by atoms with van der Waals surface area (Å²) in [5.74, 6) is 1.56. The molecule has 1 N–H and O–H groups in total. The number of nitrogens with zero attached hydrogens (tertiary/aromatic N) is 1. The third kappa shape index (κ3) is 3.10. The molecule has 0 spiro atoms. The predicted octanol–water partition coefficient (Wildman–Crippen LogP) is 3.78. The first-order valence-electron chi connectivity index (χ1n) is 11.1. The number of carbonyl (C=O) groups is 3. The molecule has 6 rings (SSSR count). The lowest BCUT2D eigenvalue weighted by Crippen LogP contribution is -2.63. The van der Waals surface area contributed by atoms with Crippen LogP contribution < -0.4 is 5.32 Å². The van der Waals surface area contributed by atoms with Crippen LogP contribution in [0.1, 0.15) is 79.5 Å². The summed E-state index contributed by atoms with van der Waals surface area (Å²) in [5, 5.41) is 3.39. The Balaban J connectivity index is 1.41. The van der Waals surface area contributed by atoms with Crippen molar-refractivity contribution in [1.82, 2.24) is 10.2 Å². The molecule has 3 amide bonds. The Morgan fingerprint density at radius 3 is 1.93 bits per heavy atom. The van der Waals surface area contributed by atoms with Gasteiger partial charge in [0.2, 0.25) is 5.91 Å². The first-order valence-corrected chi connectivity index (χ1v) is 11.1. The van der Waals surface area contributed by atoms with Crippen molar-refractivity contribution in [3.63, 3.8) is 0 Å². The number of hydrogen-bond acceptors (Lipinski definition) is 3. The monoisotopic (exact) mass is 394 g/mol. The minimum atomic E-state index is -0.740. The van der Waals surface area contributed by atoms with Crippen LogP contribution in [0.15, 0.2) is 24.3 Å². The van der Waals surface area contributed by atoms with Crippen molar-refractivity contribution in [2.45, 2.75) is 70.4 Å². The van der Waals surface area contributed by atoms with Gasteiger partial charge >= 0.3 is 0 Å². The molecule has 1 unspecified atom stereocenters.